The van der Waals surface area contributed by atoms with Crippen molar-refractivity contribution in [3.05, 3.63) is 107 Å². The highest BCUT2D eigenvalue weighted by atomic mass is 16.1. The van der Waals surface area contributed by atoms with E-state index in [9.17, 15) is 9.59 Å². The molecule has 0 amide bonds. The second-order valence-corrected chi connectivity index (χ2v) is 7.55. The molecule has 0 fully saturated rings. The fraction of sp³-hybridized carbons (Fsp3) is 0.214. The molecule has 0 saturated carbocycles. The summed E-state index contributed by atoms with van der Waals surface area (Å²) >= 11 is 0. The van der Waals surface area contributed by atoms with Crippen molar-refractivity contribution in [1.29, 1.82) is 0 Å². The minimum Gasteiger partial charge on any atom is -0.316 e. The van der Waals surface area contributed by atoms with Gasteiger partial charge in [-0.2, -0.15) is 0 Å². The Labute approximate surface area is 185 Å². The van der Waals surface area contributed by atoms with Gasteiger partial charge in [-0.15, -0.1) is 0 Å². The number of Topliss-reactive ketones (excluding diaryl/α,β-unsaturated/α-hetero) is 1. The quantitative estimate of drug-likeness (QED) is 0.286. The van der Waals surface area contributed by atoms with E-state index >= 15 is 0 Å². The Hall–Kier alpha value is -3.30. The minimum atomic E-state index is 0.0922. The predicted molar refractivity (Wildman–Crippen MR) is 130 cm³/mol. The molecule has 1 N–H and O–H groups in total. The monoisotopic (exact) mass is 413 g/mol. The highest BCUT2D eigenvalue weighted by molar-refractivity contribution is 5.98. The molecule has 3 nitrogen and oxygen atoms in total. The number of aldehydes is 1. The van der Waals surface area contributed by atoms with Gasteiger partial charge in [0, 0.05) is 18.0 Å². The molecule has 0 bridgehead atoms. The van der Waals surface area contributed by atoms with Gasteiger partial charge in [0.2, 0.25) is 0 Å². The lowest BCUT2D eigenvalue weighted by atomic mass is 10.0. The topological polar surface area (TPSA) is 46.2 Å². The number of carbonyl (C=O) groups excluding carboxylic acids is 2. The molecule has 160 valence electrons. The van der Waals surface area contributed by atoms with E-state index in [1.165, 1.54) is 11.1 Å². The molecule has 3 aromatic rings. The first-order valence-electron chi connectivity index (χ1n) is 10.5. The van der Waals surface area contributed by atoms with Crippen LogP contribution in [0.2, 0.25) is 0 Å². The van der Waals surface area contributed by atoms with Crippen molar-refractivity contribution in [1.82, 2.24) is 5.32 Å². The summed E-state index contributed by atoms with van der Waals surface area (Å²) < 4.78 is 0. The Morgan fingerprint density at radius 1 is 0.871 bits per heavy atom. The number of rotatable bonds is 8. The van der Waals surface area contributed by atoms with Gasteiger partial charge in [-0.25, -0.2) is 0 Å². The molecular weight excluding hydrogens is 382 g/mol. The summed E-state index contributed by atoms with van der Waals surface area (Å²) in [6, 6.07) is 26.1. The largest absolute Gasteiger partial charge is 0.316 e. The average molecular weight is 414 g/mol. The SMILES string of the molecule is CC(C=O)Cc1ccccc1.CNCc1ccc(/C=C/c2ccccc2C(C)=O)cc1. The fourth-order valence-corrected chi connectivity index (χ4v) is 3.13. The smallest absolute Gasteiger partial charge is 0.160 e. The molecule has 0 radical (unpaired) electrons. The molecular formula is C28H31NO2. The molecule has 0 aromatic heterocycles. The third-order valence-corrected chi connectivity index (χ3v) is 4.79. The summed E-state index contributed by atoms with van der Waals surface area (Å²) in [6.45, 7) is 4.40. The van der Waals surface area contributed by atoms with E-state index in [0.717, 1.165) is 35.9 Å². The van der Waals surface area contributed by atoms with Crippen molar-refractivity contribution < 1.29 is 9.59 Å². The first-order chi connectivity index (χ1) is 15.0. The van der Waals surface area contributed by atoms with Gasteiger partial charge in [0.15, 0.2) is 5.78 Å². The summed E-state index contributed by atoms with van der Waals surface area (Å²) in [4.78, 5) is 21.9. The third kappa shape index (κ3) is 8.53. The third-order valence-electron chi connectivity index (χ3n) is 4.79. The van der Waals surface area contributed by atoms with Crippen molar-refractivity contribution in [2.75, 3.05) is 7.05 Å². The van der Waals surface area contributed by atoms with E-state index in [-0.39, 0.29) is 11.7 Å². The molecule has 3 rings (SSSR count). The van der Waals surface area contributed by atoms with Gasteiger partial charge in [0.1, 0.15) is 6.29 Å². The number of ketones is 1. The van der Waals surface area contributed by atoms with Crippen molar-refractivity contribution in [3.8, 4) is 0 Å². The van der Waals surface area contributed by atoms with Crippen LogP contribution in [0.5, 0.6) is 0 Å². The van der Waals surface area contributed by atoms with E-state index in [1.54, 1.807) is 6.92 Å². The molecule has 31 heavy (non-hydrogen) atoms. The van der Waals surface area contributed by atoms with Crippen LogP contribution >= 0.6 is 0 Å². The minimum absolute atomic E-state index is 0.0922. The van der Waals surface area contributed by atoms with Gasteiger partial charge in [-0.05, 0) is 42.6 Å². The Balaban J connectivity index is 0.000000262. The standard InChI is InChI=1S/C18H19NO.C10H12O/c1-14(20)18-6-4-3-5-17(18)12-11-15-7-9-16(10-8-15)13-19-2;1-9(8-11)7-10-5-3-2-4-6-10/h3-12,19H,13H2,1-2H3;2-6,8-9H,7H2,1H3/b12-11+;. The van der Waals surface area contributed by atoms with Gasteiger partial charge < -0.3 is 10.1 Å². The number of carbonyl (C=O) groups is 2. The summed E-state index contributed by atoms with van der Waals surface area (Å²) in [5.41, 5.74) is 5.33. The summed E-state index contributed by atoms with van der Waals surface area (Å²) in [6.07, 6.45) is 5.87. The molecule has 0 aliphatic rings. The molecule has 0 aliphatic heterocycles. The maximum atomic E-state index is 11.6. The zero-order chi connectivity index (χ0) is 22.5. The summed E-state index contributed by atoms with van der Waals surface area (Å²) in [7, 11) is 1.94. The maximum Gasteiger partial charge on any atom is 0.160 e. The van der Waals surface area contributed by atoms with Crippen LogP contribution in [0, 0.1) is 5.92 Å². The predicted octanol–water partition coefficient (Wildman–Crippen LogP) is 5.84. The zero-order valence-corrected chi connectivity index (χ0v) is 18.5. The van der Waals surface area contributed by atoms with Crippen LogP contribution in [0.15, 0.2) is 78.9 Å². The maximum absolute atomic E-state index is 11.6. The zero-order valence-electron chi connectivity index (χ0n) is 18.5. The first-order valence-corrected chi connectivity index (χ1v) is 10.5. The summed E-state index contributed by atoms with van der Waals surface area (Å²) in [5.74, 6) is 0.229. The van der Waals surface area contributed by atoms with Crippen LogP contribution in [0.25, 0.3) is 12.2 Å². The Morgan fingerprint density at radius 2 is 1.52 bits per heavy atom. The highest BCUT2D eigenvalue weighted by Gasteiger charge is 2.03. The van der Waals surface area contributed by atoms with Gasteiger partial charge in [0.25, 0.3) is 0 Å². The second-order valence-electron chi connectivity index (χ2n) is 7.55. The van der Waals surface area contributed by atoms with E-state index in [2.05, 4.69) is 29.6 Å². The fourth-order valence-electron chi connectivity index (χ4n) is 3.13. The van der Waals surface area contributed by atoms with Crippen molar-refractivity contribution >= 4 is 24.2 Å². The van der Waals surface area contributed by atoms with Gasteiger partial charge >= 0.3 is 0 Å². The second kappa shape index (κ2) is 13.1. The molecule has 1 atom stereocenters. The van der Waals surface area contributed by atoms with E-state index in [1.807, 2.05) is 80.7 Å². The molecule has 0 saturated heterocycles. The van der Waals surface area contributed by atoms with Gasteiger partial charge in [-0.3, -0.25) is 4.79 Å². The lowest BCUT2D eigenvalue weighted by Gasteiger charge is -2.02. The van der Waals surface area contributed by atoms with E-state index in [4.69, 9.17) is 0 Å². The first kappa shape index (κ1) is 24.0. The van der Waals surface area contributed by atoms with Gasteiger partial charge in [-0.1, -0.05) is 97.9 Å². The lowest BCUT2D eigenvalue weighted by molar-refractivity contribution is -0.110. The number of benzene rings is 3. The number of nitrogens with one attached hydrogen (secondary N) is 1. The normalized spacial score (nSPS) is 11.5. The summed E-state index contributed by atoms with van der Waals surface area (Å²) in [5, 5.41) is 3.13. The van der Waals surface area contributed by atoms with Gasteiger partial charge in [0.05, 0.1) is 0 Å². The number of hydrogen-bond acceptors (Lipinski definition) is 3. The van der Waals surface area contributed by atoms with Crippen molar-refractivity contribution in [3.63, 3.8) is 0 Å². The van der Waals surface area contributed by atoms with E-state index in [0.29, 0.717) is 0 Å². The number of hydrogen-bond donors (Lipinski definition) is 1. The Bertz CT molecular complexity index is 975. The molecule has 1 unspecified atom stereocenters. The van der Waals surface area contributed by atoms with Crippen LogP contribution in [0.4, 0.5) is 0 Å². The molecule has 0 spiro atoms. The highest BCUT2D eigenvalue weighted by Crippen LogP contribution is 2.14. The Kier molecular flexibility index (Phi) is 10.1. The van der Waals surface area contributed by atoms with Crippen LogP contribution < -0.4 is 5.32 Å². The van der Waals surface area contributed by atoms with Crippen LogP contribution in [0.3, 0.4) is 0 Å². The molecule has 0 heterocycles. The molecule has 0 aliphatic carbocycles. The van der Waals surface area contributed by atoms with Crippen LogP contribution in [-0.4, -0.2) is 19.1 Å². The molecule has 3 heteroatoms. The van der Waals surface area contributed by atoms with Crippen LogP contribution in [0.1, 0.15) is 46.5 Å². The lowest BCUT2D eigenvalue weighted by Crippen LogP contribution is -2.04. The van der Waals surface area contributed by atoms with E-state index < -0.39 is 0 Å². The Morgan fingerprint density at radius 3 is 2.13 bits per heavy atom. The molecule has 3 aromatic carbocycles. The average Bonchev–Trinajstić information content (AvgIpc) is 2.80. The van der Waals surface area contributed by atoms with Crippen molar-refractivity contribution in [2.24, 2.45) is 5.92 Å². The van der Waals surface area contributed by atoms with Crippen molar-refractivity contribution in [2.45, 2.75) is 26.8 Å². The van der Waals surface area contributed by atoms with Crippen LogP contribution in [-0.2, 0) is 17.8 Å².